The quantitative estimate of drug-likeness (QED) is 0.836. The molecule has 0 spiro atoms. The molecule has 2 nitrogen and oxygen atoms in total. The molecule has 1 saturated heterocycles. The number of hydrogen-bond acceptors (Lipinski definition) is 2. The summed E-state index contributed by atoms with van der Waals surface area (Å²) < 4.78 is 18.5. The van der Waals surface area contributed by atoms with Crippen molar-refractivity contribution in [2.24, 2.45) is 11.7 Å². The predicted octanol–water partition coefficient (Wildman–Crippen LogP) is 2.64. The standard InChI is InChI=1S/C13H18FNO/c14-12-5-1-3-11(9-12)13(15)10-4-2-7-16-8-6-10/h1,3,5,9-10,13H,2,4,6-8,15H2. The van der Waals surface area contributed by atoms with Gasteiger partial charge in [0, 0.05) is 19.3 Å². The van der Waals surface area contributed by atoms with Crippen LogP contribution < -0.4 is 5.73 Å². The average molecular weight is 223 g/mol. The Morgan fingerprint density at radius 3 is 3.00 bits per heavy atom. The predicted molar refractivity (Wildman–Crippen MR) is 61.5 cm³/mol. The van der Waals surface area contributed by atoms with E-state index in [4.69, 9.17) is 10.5 Å². The normalized spacial score (nSPS) is 23.8. The van der Waals surface area contributed by atoms with Crippen LogP contribution in [0, 0.1) is 11.7 Å². The molecule has 1 aliphatic rings. The third-order valence-corrected chi connectivity index (χ3v) is 3.24. The van der Waals surface area contributed by atoms with Gasteiger partial charge in [0.15, 0.2) is 0 Å². The zero-order valence-corrected chi connectivity index (χ0v) is 9.36. The first-order valence-electron chi connectivity index (χ1n) is 5.86. The molecule has 3 heteroatoms. The Balaban J connectivity index is 2.07. The largest absolute Gasteiger partial charge is 0.381 e. The highest BCUT2D eigenvalue weighted by Crippen LogP contribution is 2.28. The fourth-order valence-electron chi connectivity index (χ4n) is 2.27. The molecular weight excluding hydrogens is 205 g/mol. The number of ether oxygens (including phenoxy) is 1. The van der Waals surface area contributed by atoms with Gasteiger partial charge in [-0.3, -0.25) is 0 Å². The first kappa shape index (κ1) is 11.6. The molecule has 0 radical (unpaired) electrons. The number of halogens is 1. The number of rotatable bonds is 2. The second-order valence-electron chi connectivity index (χ2n) is 4.38. The van der Waals surface area contributed by atoms with Gasteiger partial charge in [0.1, 0.15) is 5.82 Å². The lowest BCUT2D eigenvalue weighted by Gasteiger charge is -2.22. The van der Waals surface area contributed by atoms with Crippen LogP contribution in [0.25, 0.3) is 0 Å². The third-order valence-electron chi connectivity index (χ3n) is 3.24. The maximum atomic E-state index is 13.1. The van der Waals surface area contributed by atoms with E-state index in [2.05, 4.69) is 0 Å². The van der Waals surface area contributed by atoms with Crippen molar-refractivity contribution in [3.8, 4) is 0 Å². The zero-order chi connectivity index (χ0) is 11.4. The number of benzene rings is 1. The molecule has 1 aromatic carbocycles. The van der Waals surface area contributed by atoms with Crippen LogP contribution in [0.15, 0.2) is 24.3 Å². The van der Waals surface area contributed by atoms with Crippen LogP contribution in [0.4, 0.5) is 4.39 Å². The molecule has 0 saturated carbocycles. The van der Waals surface area contributed by atoms with Crippen molar-refractivity contribution in [1.82, 2.24) is 0 Å². The summed E-state index contributed by atoms with van der Waals surface area (Å²) in [5.41, 5.74) is 7.08. The fraction of sp³-hybridized carbons (Fsp3) is 0.538. The minimum Gasteiger partial charge on any atom is -0.381 e. The maximum Gasteiger partial charge on any atom is 0.123 e. The van der Waals surface area contributed by atoms with Crippen LogP contribution in [0.5, 0.6) is 0 Å². The van der Waals surface area contributed by atoms with Gasteiger partial charge in [0.2, 0.25) is 0 Å². The van der Waals surface area contributed by atoms with E-state index >= 15 is 0 Å². The van der Waals surface area contributed by atoms with Crippen molar-refractivity contribution in [3.63, 3.8) is 0 Å². The fourth-order valence-corrected chi connectivity index (χ4v) is 2.27. The van der Waals surface area contributed by atoms with Crippen LogP contribution in [-0.2, 0) is 4.74 Å². The molecule has 0 amide bonds. The molecule has 1 aromatic rings. The zero-order valence-electron chi connectivity index (χ0n) is 9.36. The van der Waals surface area contributed by atoms with E-state index in [-0.39, 0.29) is 11.9 Å². The molecule has 2 atom stereocenters. The van der Waals surface area contributed by atoms with E-state index < -0.39 is 0 Å². The number of nitrogens with two attached hydrogens (primary N) is 1. The first-order chi connectivity index (χ1) is 7.77. The summed E-state index contributed by atoms with van der Waals surface area (Å²) in [5, 5.41) is 0. The molecule has 1 heterocycles. The first-order valence-corrected chi connectivity index (χ1v) is 5.86. The minimum atomic E-state index is -0.210. The maximum absolute atomic E-state index is 13.1. The lowest BCUT2D eigenvalue weighted by molar-refractivity contribution is 0.140. The van der Waals surface area contributed by atoms with Gasteiger partial charge in [-0.25, -0.2) is 4.39 Å². The van der Waals surface area contributed by atoms with E-state index in [9.17, 15) is 4.39 Å². The van der Waals surface area contributed by atoms with E-state index in [0.29, 0.717) is 5.92 Å². The SMILES string of the molecule is NC(c1cccc(F)c1)C1CCCOCC1. The Morgan fingerprint density at radius 2 is 2.19 bits per heavy atom. The molecule has 1 fully saturated rings. The van der Waals surface area contributed by atoms with Crippen LogP contribution in [0.3, 0.4) is 0 Å². The Morgan fingerprint density at radius 1 is 1.31 bits per heavy atom. The van der Waals surface area contributed by atoms with Crippen LogP contribution in [-0.4, -0.2) is 13.2 Å². The van der Waals surface area contributed by atoms with Gasteiger partial charge in [0.25, 0.3) is 0 Å². The van der Waals surface area contributed by atoms with Gasteiger partial charge < -0.3 is 10.5 Å². The minimum absolute atomic E-state index is 0.0719. The summed E-state index contributed by atoms with van der Waals surface area (Å²) in [4.78, 5) is 0. The van der Waals surface area contributed by atoms with Gasteiger partial charge in [-0.2, -0.15) is 0 Å². The summed E-state index contributed by atoms with van der Waals surface area (Å²) >= 11 is 0. The van der Waals surface area contributed by atoms with Crippen LogP contribution in [0.2, 0.25) is 0 Å². The molecule has 2 rings (SSSR count). The van der Waals surface area contributed by atoms with Crippen molar-refractivity contribution < 1.29 is 9.13 Å². The van der Waals surface area contributed by atoms with Crippen LogP contribution in [0.1, 0.15) is 30.9 Å². The van der Waals surface area contributed by atoms with Crippen molar-refractivity contribution >= 4 is 0 Å². The lowest BCUT2D eigenvalue weighted by Crippen LogP contribution is -2.21. The second-order valence-corrected chi connectivity index (χ2v) is 4.38. The average Bonchev–Trinajstić information content (AvgIpc) is 2.56. The highest BCUT2D eigenvalue weighted by atomic mass is 19.1. The summed E-state index contributed by atoms with van der Waals surface area (Å²) in [6, 6.07) is 6.54. The molecule has 1 aliphatic heterocycles. The number of hydrogen-bond donors (Lipinski definition) is 1. The van der Waals surface area contributed by atoms with E-state index in [1.54, 1.807) is 6.07 Å². The molecule has 0 bridgehead atoms. The summed E-state index contributed by atoms with van der Waals surface area (Å²) in [5.74, 6) is 0.196. The Bertz CT molecular complexity index is 334. The van der Waals surface area contributed by atoms with Gasteiger partial charge in [-0.05, 0) is 42.9 Å². The third kappa shape index (κ3) is 2.80. The monoisotopic (exact) mass is 223 g/mol. The van der Waals surface area contributed by atoms with E-state index in [1.807, 2.05) is 6.07 Å². The summed E-state index contributed by atoms with van der Waals surface area (Å²) in [6.07, 6.45) is 3.09. The summed E-state index contributed by atoms with van der Waals surface area (Å²) in [6.45, 7) is 1.60. The molecular formula is C13H18FNO. The van der Waals surface area contributed by atoms with E-state index in [0.717, 1.165) is 38.0 Å². The highest BCUT2D eigenvalue weighted by Gasteiger charge is 2.21. The van der Waals surface area contributed by atoms with Crippen molar-refractivity contribution in [1.29, 1.82) is 0 Å². The molecule has 0 aliphatic carbocycles. The van der Waals surface area contributed by atoms with Crippen molar-refractivity contribution in [2.75, 3.05) is 13.2 Å². The molecule has 0 aromatic heterocycles. The lowest BCUT2D eigenvalue weighted by atomic mass is 9.88. The molecule has 2 N–H and O–H groups in total. The van der Waals surface area contributed by atoms with Crippen LogP contribution >= 0.6 is 0 Å². The highest BCUT2D eigenvalue weighted by molar-refractivity contribution is 5.20. The second kappa shape index (κ2) is 5.41. The molecule has 16 heavy (non-hydrogen) atoms. The van der Waals surface area contributed by atoms with Gasteiger partial charge >= 0.3 is 0 Å². The van der Waals surface area contributed by atoms with Gasteiger partial charge in [-0.15, -0.1) is 0 Å². The molecule has 2 unspecified atom stereocenters. The Labute approximate surface area is 95.6 Å². The van der Waals surface area contributed by atoms with Gasteiger partial charge in [-0.1, -0.05) is 12.1 Å². The summed E-state index contributed by atoms with van der Waals surface area (Å²) in [7, 11) is 0. The Hall–Kier alpha value is -0.930. The smallest absolute Gasteiger partial charge is 0.123 e. The van der Waals surface area contributed by atoms with Crippen molar-refractivity contribution in [2.45, 2.75) is 25.3 Å². The topological polar surface area (TPSA) is 35.2 Å². The van der Waals surface area contributed by atoms with Gasteiger partial charge in [0.05, 0.1) is 0 Å². The van der Waals surface area contributed by atoms with E-state index in [1.165, 1.54) is 12.1 Å². The van der Waals surface area contributed by atoms with Crippen molar-refractivity contribution in [3.05, 3.63) is 35.6 Å². The Kier molecular flexibility index (Phi) is 3.91. The molecule has 88 valence electrons.